The number of carbonyl (C=O) groups excluding carboxylic acids is 1. The fourth-order valence-electron chi connectivity index (χ4n) is 2.13. The van der Waals surface area contributed by atoms with E-state index in [1.165, 1.54) is 6.08 Å². The van der Waals surface area contributed by atoms with Crippen LogP contribution in [0.3, 0.4) is 0 Å². The lowest BCUT2D eigenvalue weighted by atomic mass is 10.0. The summed E-state index contributed by atoms with van der Waals surface area (Å²) in [5.74, 6) is 0.216. The molecule has 0 heterocycles. The first-order chi connectivity index (χ1) is 11.4. The zero-order chi connectivity index (χ0) is 17.7. The van der Waals surface area contributed by atoms with E-state index in [1.54, 1.807) is 43.5 Å². The highest BCUT2D eigenvalue weighted by Gasteiger charge is 2.12. The lowest BCUT2D eigenvalue weighted by Gasteiger charge is -2.10. The van der Waals surface area contributed by atoms with E-state index in [9.17, 15) is 9.90 Å². The van der Waals surface area contributed by atoms with Crippen molar-refractivity contribution in [3.8, 4) is 5.75 Å². The topological polar surface area (TPSA) is 58.6 Å². The molecule has 0 atom stereocenters. The van der Waals surface area contributed by atoms with E-state index in [-0.39, 0.29) is 15.9 Å². The van der Waals surface area contributed by atoms with Gasteiger partial charge in [-0.15, -0.1) is 12.6 Å². The Labute approximate surface area is 151 Å². The Kier molecular flexibility index (Phi) is 6.00. The van der Waals surface area contributed by atoms with Gasteiger partial charge >= 0.3 is 0 Å². The Morgan fingerprint density at radius 2 is 1.92 bits per heavy atom. The third kappa shape index (κ3) is 4.59. The molecule has 124 valence electrons. The van der Waals surface area contributed by atoms with E-state index in [4.69, 9.17) is 17.0 Å². The first kappa shape index (κ1) is 18.0. The number of hydrogen-bond donors (Lipinski definition) is 3. The van der Waals surface area contributed by atoms with Crippen LogP contribution in [-0.4, -0.2) is 22.3 Å². The summed E-state index contributed by atoms with van der Waals surface area (Å²) in [6, 6.07) is 12.1. The second kappa shape index (κ2) is 7.99. The first-order valence-electron chi connectivity index (χ1n) is 7.10. The fourth-order valence-corrected chi connectivity index (χ4v) is 2.36. The number of ether oxygens (including phenoxy) is 1. The van der Waals surface area contributed by atoms with E-state index in [0.29, 0.717) is 22.6 Å². The van der Waals surface area contributed by atoms with E-state index in [1.807, 2.05) is 13.0 Å². The third-order valence-corrected chi connectivity index (χ3v) is 3.55. The third-order valence-electron chi connectivity index (χ3n) is 3.34. The number of hydrogen-bond acceptors (Lipinski definition) is 4. The number of benzene rings is 2. The van der Waals surface area contributed by atoms with Crippen LogP contribution in [0.4, 0.5) is 5.69 Å². The molecular formula is C18H17NO3S2. The van der Waals surface area contributed by atoms with Crippen LogP contribution in [0.15, 0.2) is 48.5 Å². The molecular weight excluding hydrogens is 342 g/mol. The molecule has 2 aromatic carbocycles. The average Bonchev–Trinajstić information content (AvgIpc) is 2.56. The summed E-state index contributed by atoms with van der Waals surface area (Å²) in [5.41, 5.74) is 2.40. The van der Waals surface area contributed by atoms with Crippen LogP contribution in [0.5, 0.6) is 5.75 Å². The molecule has 0 amide bonds. The van der Waals surface area contributed by atoms with Crippen LogP contribution < -0.4 is 10.1 Å². The predicted molar refractivity (Wildman–Crippen MR) is 104 cm³/mol. The Bertz CT molecular complexity index is 798. The molecule has 0 spiro atoms. The summed E-state index contributed by atoms with van der Waals surface area (Å²) < 4.78 is 5.33. The maximum Gasteiger partial charge on any atom is 0.191 e. The predicted octanol–water partition coefficient (Wildman–Crippen LogP) is 4.41. The number of aliphatic hydroxyl groups excluding tert-OH is 1. The highest BCUT2D eigenvalue weighted by molar-refractivity contribution is 8.11. The maximum absolute atomic E-state index is 12.5. The molecule has 2 N–H and O–H groups in total. The number of aliphatic hydroxyl groups is 1. The minimum absolute atomic E-state index is 0.122. The van der Waals surface area contributed by atoms with Gasteiger partial charge in [0.2, 0.25) is 0 Å². The summed E-state index contributed by atoms with van der Waals surface area (Å²) >= 11 is 8.94. The number of rotatable bonds is 5. The number of allylic oxidation sites excluding steroid dienone is 1. The molecule has 0 saturated heterocycles. The molecule has 4 nitrogen and oxygen atoms in total. The molecule has 0 aromatic heterocycles. The molecule has 2 rings (SSSR count). The largest absolute Gasteiger partial charge is 0.507 e. The molecule has 0 aliphatic heterocycles. The number of ketones is 1. The molecule has 0 aliphatic rings. The van der Waals surface area contributed by atoms with Gasteiger partial charge in [-0.05, 0) is 43.3 Å². The molecule has 0 aliphatic carbocycles. The van der Waals surface area contributed by atoms with Gasteiger partial charge in [-0.25, -0.2) is 0 Å². The van der Waals surface area contributed by atoms with Gasteiger partial charge in [0.25, 0.3) is 0 Å². The highest BCUT2D eigenvalue weighted by Crippen LogP contribution is 2.22. The van der Waals surface area contributed by atoms with Gasteiger partial charge in [-0.2, -0.15) is 0 Å². The van der Waals surface area contributed by atoms with Gasteiger partial charge in [0.05, 0.1) is 12.8 Å². The van der Waals surface area contributed by atoms with Crippen molar-refractivity contribution >= 4 is 46.4 Å². The zero-order valence-electron chi connectivity index (χ0n) is 13.2. The Hall–Kier alpha value is -2.31. The van der Waals surface area contributed by atoms with Crippen LogP contribution in [0, 0.1) is 6.92 Å². The number of thiol groups is 1. The van der Waals surface area contributed by atoms with Gasteiger partial charge < -0.3 is 15.2 Å². The lowest BCUT2D eigenvalue weighted by Crippen LogP contribution is -2.08. The second-order valence-electron chi connectivity index (χ2n) is 5.10. The van der Waals surface area contributed by atoms with Crippen molar-refractivity contribution < 1.29 is 14.6 Å². The molecule has 0 saturated carbocycles. The summed E-state index contributed by atoms with van der Waals surface area (Å²) in [7, 11) is 1.56. The Morgan fingerprint density at radius 1 is 1.25 bits per heavy atom. The molecule has 24 heavy (non-hydrogen) atoms. The number of carbonyl (C=O) groups is 1. The number of anilines is 1. The maximum atomic E-state index is 12.5. The lowest BCUT2D eigenvalue weighted by molar-refractivity contribution is 0.104. The monoisotopic (exact) mass is 359 g/mol. The van der Waals surface area contributed by atoms with Crippen LogP contribution in [-0.2, 0) is 0 Å². The summed E-state index contributed by atoms with van der Waals surface area (Å²) in [5, 5.41) is 13.1. The minimum Gasteiger partial charge on any atom is -0.507 e. The van der Waals surface area contributed by atoms with Crippen LogP contribution in [0.25, 0.3) is 5.76 Å². The van der Waals surface area contributed by atoms with Crippen molar-refractivity contribution in [2.24, 2.45) is 0 Å². The SMILES string of the molecule is COc1ccc(C(O)=CC(=O)c2cc(C)ccc2NC(=S)S)cc1. The average molecular weight is 359 g/mol. The second-order valence-corrected chi connectivity index (χ2v) is 6.26. The van der Waals surface area contributed by atoms with Gasteiger partial charge in [0, 0.05) is 17.2 Å². The van der Waals surface area contributed by atoms with Crippen molar-refractivity contribution in [1.82, 2.24) is 0 Å². The molecule has 6 heteroatoms. The van der Waals surface area contributed by atoms with E-state index in [2.05, 4.69) is 17.9 Å². The quantitative estimate of drug-likeness (QED) is 0.243. The molecule has 2 aromatic rings. The summed E-state index contributed by atoms with van der Waals surface area (Å²) in [6.45, 7) is 1.88. The summed E-state index contributed by atoms with van der Waals surface area (Å²) in [4.78, 5) is 12.5. The van der Waals surface area contributed by atoms with Crippen LogP contribution in [0.2, 0.25) is 0 Å². The Morgan fingerprint density at radius 3 is 2.50 bits per heavy atom. The Balaban J connectivity index is 2.33. The minimum atomic E-state index is -0.334. The first-order valence-corrected chi connectivity index (χ1v) is 7.96. The molecule has 0 unspecified atom stereocenters. The molecule has 0 bridgehead atoms. The van der Waals surface area contributed by atoms with Crippen LogP contribution in [0.1, 0.15) is 21.5 Å². The van der Waals surface area contributed by atoms with Crippen molar-refractivity contribution in [1.29, 1.82) is 0 Å². The number of methoxy groups -OCH3 is 1. The van der Waals surface area contributed by atoms with E-state index < -0.39 is 0 Å². The fraction of sp³-hybridized carbons (Fsp3) is 0.111. The van der Waals surface area contributed by atoms with Gasteiger partial charge in [-0.1, -0.05) is 23.8 Å². The summed E-state index contributed by atoms with van der Waals surface area (Å²) in [6.07, 6.45) is 1.18. The van der Waals surface area contributed by atoms with Gasteiger partial charge in [0.15, 0.2) is 5.78 Å². The van der Waals surface area contributed by atoms with Gasteiger partial charge in [0.1, 0.15) is 15.8 Å². The number of thiocarbonyl (C=S) groups is 1. The number of aryl methyl sites for hydroxylation is 1. The smallest absolute Gasteiger partial charge is 0.191 e. The highest BCUT2D eigenvalue weighted by atomic mass is 32.1. The van der Waals surface area contributed by atoms with Crippen LogP contribution >= 0.6 is 24.8 Å². The van der Waals surface area contributed by atoms with Crippen molar-refractivity contribution in [3.05, 3.63) is 65.2 Å². The number of nitrogens with one attached hydrogen (secondary N) is 1. The zero-order valence-corrected chi connectivity index (χ0v) is 14.9. The van der Waals surface area contributed by atoms with Crippen molar-refractivity contribution in [2.45, 2.75) is 6.92 Å². The molecule has 0 fully saturated rings. The van der Waals surface area contributed by atoms with E-state index >= 15 is 0 Å². The van der Waals surface area contributed by atoms with Crippen molar-refractivity contribution in [3.63, 3.8) is 0 Å². The molecule has 0 radical (unpaired) electrons. The van der Waals surface area contributed by atoms with E-state index in [0.717, 1.165) is 5.56 Å². The van der Waals surface area contributed by atoms with Gasteiger partial charge in [-0.3, -0.25) is 4.79 Å². The standard InChI is InChI=1S/C18H17NO3S2/c1-11-3-8-15(19-18(23)24)14(9-11)17(21)10-16(20)12-4-6-13(22-2)7-5-12/h3-10,20H,1-2H3,(H2,19,23,24). The normalized spacial score (nSPS) is 11.0. The van der Waals surface area contributed by atoms with Crippen molar-refractivity contribution in [2.75, 3.05) is 12.4 Å².